The van der Waals surface area contributed by atoms with Crippen LogP contribution in [0.5, 0.6) is 5.75 Å². The molecule has 0 saturated carbocycles. The van der Waals surface area contributed by atoms with Crippen molar-refractivity contribution < 1.29 is 9.53 Å². The smallest absolute Gasteiger partial charge is 0.266 e. The summed E-state index contributed by atoms with van der Waals surface area (Å²) >= 11 is 1.43. The molecule has 2 aliphatic rings. The molecule has 0 spiro atoms. The third-order valence-corrected chi connectivity index (χ3v) is 7.54. The van der Waals surface area contributed by atoms with Gasteiger partial charge in [0.05, 0.1) is 18.2 Å². The zero-order valence-corrected chi connectivity index (χ0v) is 19.9. The summed E-state index contributed by atoms with van der Waals surface area (Å²) in [4.78, 5) is 28.9. The number of aromatic amines is 1. The third-order valence-electron chi connectivity index (χ3n) is 6.52. The van der Waals surface area contributed by atoms with E-state index in [1.165, 1.54) is 11.3 Å². The molecular formula is C28H24N4O2S. The molecule has 0 fully saturated rings. The van der Waals surface area contributed by atoms with Crippen LogP contribution in [0.1, 0.15) is 38.2 Å². The standard InChI is InChI=1S/C28H24N4O2S/c1-2-7-18-8-3-5-10-21(18)27-29-15-24(35-27)28(33)32-13-12-22-25(31-17-30-22)26(32)20-14-19-9-4-6-11-23(19)34-16-20/h2-6,8-11,14-15,17,26H,1,7,12-13,16H2,(H,30,31)/t26-/m1/s1. The highest BCUT2D eigenvalue weighted by Gasteiger charge is 2.37. The van der Waals surface area contributed by atoms with Crippen LogP contribution in [0, 0.1) is 0 Å². The summed E-state index contributed by atoms with van der Waals surface area (Å²) < 4.78 is 6.05. The topological polar surface area (TPSA) is 71.1 Å². The minimum atomic E-state index is -0.288. The van der Waals surface area contributed by atoms with Gasteiger partial charge in [-0.3, -0.25) is 4.79 Å². The molecule has 6 nitrogen and oxygen atoms in total. The molecule has 4 aromatic rings. The van der Waals surface area contributed by atoms with E-state index >= 15 is 0 Å². The number of amides is 1. The van der Waals surface area contributed by atoms with E-state index in [4.69, 9.17) is 4.74 Å². The van der Waals surface area contributed by atoms with Crippen LogP contribution in [0.25, 0.3) is 16.6 Å². The van der Waals surface area contributed by atoms with Crippen LogP contribution in [0.15, 0.2) is 79.3 Å². The zero-order chi connectivity index (χ0) is 23.8. The van der Waals surface area contributed by atoms with Crippen LogP contribution in [0.3, 0.4) is 0 Å². The second-order valence-corrected chi connectivity index (χ2v) is 9.67. The Morgan fingerprint density at radius 2 is 2.06 bits per heavy atom. The Bertz CT molecular complexity index is 1450. The highest BCUT2D eigenvalue weighted by Crippen LogP contribution is 2.39. The van der Waals surface area contributed by atoms with Gasteiger partial charge in [-0.2, -0.15) is 0 Å². The maximum atomic E-state index is 13.9. The van der Waals surface area contributed by atoms with Gasteiger partial charge in [0.2, 0.25) is 0 Å². The molecule has 174 valence electrons. The summed E-state index contributed by atoms with van der Waals surface area (Å²) in [6.07, 6.45) is 8.92. The SMILES string of the molecule is C=CCc1ccccc1-c1ncc(C(=O)N2CCc3[nH]cnc3[C@H]2C2=Cc3ccccc3OC2)s1. The normalized spacial score (nSPS) is 16.6. The van der Waals surface area contributed by atoms with E-state index in [1.54, 1.807) is 12.5 Å². The monoisotopic (exact) mass is 480 g/mol. The number of imidazole rings is 1. The van der Waals surface area contributed by atoms with E-state index < -0.39 is 0 Å². The maximum absolute atomic E-state index is 13.9. The molecule has 6 rings (SSSR count). The number of allylic oxidation sites excluding steroid dienone is 1. The Morgan fingerprint density at radius 1 is 1.20 bits per heavy atom. The Balaban J connectivity index is 1.36. The minimum absolute atomic E-state index is 0.0339. The van der Waals surface area contributed by atoms with Crippen molar-refractivity contribution in [2.75, 3.05) is 13.2 Å². The number of nitrogens with zero attached hydrogens (tertiary/aromatic N) is 3. The first-order valence-electron chi connectivity index (χ1n) is 11.6. The summed E-state index contributed by atoms with van der Waals surface area (Å²) in [6, 6.07) is 15.8. The number of rotatable bonds is 5. The van der Waals surface area contributed by atoms with Crippen molar-refractivity contribution >= 4 is 23.3 Å². The number of hydrogen-bond acceptors (Lipinski definition) is 5. The van der Waals surface area contributed by atoms with E-state index in [0.29, 0.717) is 18.0 Å². The lowest BCUT2D eigenvalue weighted by atomic mass is 9.93. The molecule has 7 heteroatoms. The first-order valence-corrected chi connectivity index (χ1v) is 12.4. The average molecular weight is 481 g/mol. The lowest BCUT2D eigenvalue weighted by molar-refractivity contribution is 0.0684. The average Bonchev–Trinajstić information content (AvgIpc) is 3.58. The molecule has 0 unspecified atom stereocenters. The summed E-state index contributed by atoms with van der Waals surface area (Å²) in [7, 11) is 0. The number of para-hydroxylation sites is 1. The van der Waals surface area contributed by atoms with Crippen molar-refractivity contribution in [2.45, 2.75) is 18.9 Å². The van der Waals surface area contributed by atoms with Crippen molar-refractivity contribution in [3.63, 3.8) is 0 Å². The maximum Gasteiger partial charge on any atom is 0.266 e. The van der Waals surface area contributed by atoms with Crippen LogP contribution in [-0.4, -0.2) is 38.9 Å². The molecule has 0 radical (unpaired) electrons. The fourth-order valence-electron chi connectivity index (χ4n) is 4.86. The van der Waals surface area contributed by atoms with E-state index in [9.17, 15) is 4.79 Å². The molecule has 2 aliphatic heterocycles. The van der Waals surface area contributed by atoms with Crippen LogP contribution < -0.4 is 4.74 Å². The molecule has 4 heterocycles. The largest absolute Gasteiger partial charge is 0.489 e. The van der Waals surface area contributed by atoms with Crippen molar-refractivity contribution in [1.29, 1.82) is 0 Å². The number of benzene rings is 2. The van der Waals surface area contributed by atoms with Gasteiger partial charge in [0, 0.05) is 29.8 Å². The number of hydrogen-bond donors (Lipinski definition) is 1. The lowest BCUT2D eigenvalue weighted by Gasteiger charge is -2.37. The van der Waals surface area contributed by atoms with Gasteiger partial charge in [-0.15, -0.1) is 17.9 Å². The first-order chi connectivity index (χ1) is 17.2. The lowest BCUT2D eigenvalue weighted by Crippen LogP contribution is -2.42. The molecule has 0 saturated heterocycles. The number of carbonyl (C=O) groups is 1. The van der Waals surface area contributed by atoms with E-state index in [0.717, 1.165) is 57.3 Å². The van der Waals surface area contributed by atoms with Gasteiger partial charge < -0.3 is 14.6 Å². The number of fused-ring (bicyclic) bond motifs is 2. The van der Waals surface area contributed by atoms with E-state index in [2.05, 4.69) is 33.7 Å². The molecule has 2 aromatic carbocycles. The number of H-pyrrole nitrogens is 1. The second kappa shape index (κ2) is 9.00. The number of nitrogens with one attached hydrogen (secondary N) is 1. The van der Waals surface area contributed by atoms with E-state index in [-0.39, 0.29) is 11.9 Å². The van der Waals surface area contributed by atoms with Gasteiger partial charge in [0.15, 0.2) is 0 Å². The van der Waals surface area contributed by atoms with Gasteiger partial charge >= 0.3 is 0 Å². The highest BCUT2D eigenvalue weighted by molar-refractivity contribution is 7.16. The van der Waals surface area contributed by atoms with Crippen LogP contribution in [-0.2, 0) is 12.8 Å². The van der Waals surface area contributed by atoms with Crippen molar-refractivity contribution in [1.82, 2.24) is 19.9 Å². The third kappa shape index (κ3) is 3.88. The molecule has 35 heavy (non-hydrogen) atoms. The highest BCUT2D eigenvalue weighted by atomic mass is 32.1. The molecule has 2 aromatic heterocycles. The molecular weight excluding hydrogens is 456 g/mol. The fraction of sp³-hybridized carbons (Fsp3) is 0.179. The molecule has 1 atom stereocenters. The molecule has 1 N–H and O–H groups in total. The number of aromatic nitrogens is 3. The Kier molecular flexibility index (Phi) is 5.54. The number of thiazole rings is 1. The second-order valence-electron chi connectivity index (χ2n) is 8.64. The minimum Gasteiger partial charge on any atom is -0.489 e. The van der Waals surface area contributed by atoms with Gasteiger partial charge in [-0.25, -0.2) is 9.97 Å². The number of ether oxygens (including phenoxy) is 1. The van der Waals surface area contributed by atoms with Crippen molar-refractivity contribution in [2.24, 2.45) is 0 Å². The predicted octanol–water partition coefficient (Wildman–Crippen LogP) is 5.48. The van der Waals surface area contributed by atoms with Gasteiger partial charge in [-0.05, 0) is 29.7 Å². The Hall–Kier alpha value is -3.97. The summed E-state index contributed by atoms with van der Waals surface area (Å²) in [5, 5.41) is 0.842. The predicted molar refractivity (Wildman–Crippen MR) is 137 cm³/mol. The van der Waals surface area contributed by atoms with Crippen LogP contribution >= 0.6 is 11.3 Å². The zero-order valence-electron chi connectivity index (χ0n) is 19.1. The summed E-state index contributed by atoms with van der Waals surface area (Å²) in [5.41, 5.74) is 6.19. The van der Waals surface area contributed by atoms with Crippen LogP contribution in [0.4, 0.5) is 0 Å². The first kappa shape index (κ1) is 21.6. The summed E-state index contributed by atoms with van der Waals surface area (Å²) in [5.74, 6) is 0.825. The number of carbonyl (C=O) groups excluding carboxylic acids is 1. The quantitative estimate of drug-likeness (QED) is 0.384. The molecule has 0 aliphatic carbocycles. The Labute approximate surface area is 207 Å². The van der Waals surface area contributed by atoms with Gasteiger partial charge in [0.1, 0.15) is 28.3 Å². The summed E-state index contributed by atoms with van der Waals surface area (Å²) in [6.45, 7) is 4.88. The Morgan fingerprint density at radius 3 is 2.97 bits per heavy atom. The molecule has 0 bridgehead atoms. The van der Waals surface area contributed by atoms with Gasteiger partial charge in [-0.1, -0.05) is 48.5 Å². The van der Waals surface area contributed by atoms with Crippen molar-refractivity contribution in [3.8, 4) is 16.3 Å². The van der Waals surface area contributed by atoms with E-state index in [1.807, 2.05) is 53.4 Å². The molecule has 1 amide bonds. The fourth-order valence-corrected chi connectivity index (χ4v) is 5.80. The van der Waals surface area contributed by atoms with Crippen LogP contribution in [0.2, 0.25) is 0 Å². The van der Waals surface area contributed by atoms with Gasteiger partial charge in [0.25, 0.3) is 5.91 Å². The van der Waals surface area contributed by atoms with Crippen molar-refractivity contribution in [3.05, 3.63) is 107 Å².